The molecular weight excluding hydrogens is 266 g/mol. The standard InChI is InChI=1S/C13H20O4.2Na/c1-8(2)10(12(14)15)11(13(16)17)9-6-4-3-5-7-9;;/h8-9H,3-7H2,1-2H3,(H,14,15)(H,16,17);;/q;2*+1/p-2/b11-10-;;. The van der Waals surface area contributed by atoms with Gasteiger partial charge in [0.2, 0.25) is 0 Å². The molecule has 0 amide bonds. The number of carbonyl (C=O) groups excluding carboxylic acids is 2. The Morgan fingerprint density at radius 3 is 1.74 bits per heavy atom. The van der Waals surface area contributed by atoms with E-state index in [2.05, 4.69) is 0 Å². The Hall–Kier alpha value is 0.680. The van der Waals surface area contributed by atoms with Gasteiger partial charge in [0, 0.05) is 0 Å². The number of carboxylic acids is 2. The Bertz CT molecular complexity index is 345. The summed E-state index contributed by atoms with van der Waals surface area (Å²) in [6, 6.07) is 0. The van der Waals surface area contributed by atoms with Gasteiger partial charge in [-0.05, 0) is 35.8 Å². The van der Waals surface area contributed by atoms with Crippen molar-refractivity contribution in [1.29, 1.82) is 0 Å². The van der Waals surface area contributed by atoms with Crippen LogP contribution >= 0.6 is 0 Å². The van der Waals surface area contributed by atoms with E-state index in [1.807, 2.05) is 0 Å². The van der Waals surface area contributed by atoms with Crippen LogP contribution in [0.2, 0.25) is 0 Å². The number of carbonyl (C=O) groups is 2. The van der Waals surface area contributed by atoms with Gasteiger partial charge in [-0.1, -0.05) is 33.1 Å². The van der Waals surface area contributed by atoms with E-state index in [1.54, 1.807) is 13.8 Å². The summed E-state index contributed by atoms with van der Waals surface area (Å²) in [6.45, 7) is 3.33. The Morgan fingerprint density at radius 1 is 0.947 bits per heavy atom. The number of carboxylic acid groups (broad SMARTS) is 2. The van der Waals surface area contributed by atoms with Crippen LogP contribution in [0, 0.1) is 11.8 Å². The van der Waals surface area contributed by atoms with Crippen molar-refractivity contribution in [3.8, 4) is 0 Å². The molecular formula is C13H18Na2O4. The predicted molar refractivity (Wildman–Crippen MR) is 58.5 cm³/mol. The fourth-order valence-electron chi connectivity index (χ4n) is 2.54. The summed E-state index contributed by atoms with van der Waals surface area (Å²) < 4.78 is 0. The summed E-state index contributed by atoms with van der Waals surface area (Å²) in [4.78, 5) is 22.3. The molecule has 6 heteroatoms. The van der Waals surface area contributed by atoms with E-state index in [4.69, 9.17) is 0 Å². The second kappa shape index (κ2) is 10.4. The second-order valence-electron chi connectivity index (χ2n) is 4.89. The van der Waals surface area contributed by atoms with E-state index in [-0.39, 0.29) is 82.1 Å². The molecule has 1 aliphatic carbocycles. The average Bonchev–Trinajstić information content (AvgIpc) is 2.25. The van der Waals surface area contributed by atoms with Crippen LogP contribution in [-0.4, -0.2) is 11.9 Å². The summed E-state index contributed by atoms with van der Waals surface area (Å²) in [6.07, 6.45) is 4.43. The van der Waals surface area contributed by atoms with Crippen molar-refractivity contribution >= 4 is 11.9 Å². The molecule has 0 aromatic heterocycles. The van der Waals surface area contributed by atoms with Crippen molar-refractivity contribution in [1.82, 2.24) is 0 Å². The maximum absolute atomic E-state index is 11.2. The number of hydrogen-bond acceptors (Lipinski definition) is 4. The van der Waals surface area contributed by atoms with Crippen LogP contribution in [0.25, 0.3) is 0 Å². The van der Waals surface area contributed by atoms with E-state index in [1.165, 1.54) is 0 Å². The van der Waals surface area contributed by atoms with Crippen molar-refractivity contribution in [2.24, 2.45) is 11.8 Å². The molecule has 1 saturated carbocycles. The first kappa shape index (κ1) is 22.0. The molecule has 1 aliphatic rings. The maximum atomic E-state index is 11.2. The SMILES string of the molecule is CC(C)/C(C(=O)[O-])=C(/C(=O)[O-])C1CCCCC1.[Na+].[Na+]. The molecule has 0 aromatic carbocycles. The fraction of sp³-hybridized carbons (Fsp3) is 0.692. The molecule has 1 fully saturated rings. The van der Waals surface area contributed by atoms with Crippen molar-refractivity contribution in [2.45, 2.75) is 46.0 Å². The van der Waals surface area contributed by atoms with Crippen LogP contribution in [0.4, 0.5) is 0 Å². The third kappa shape index (κ3) is 6.32. The topological polar surface area (TPSA) is 80.3 Å². The molecule has 1 rings (SSSR count). The summed E-state index contributed by atoms with van der Waals surface area (Å²) in [5, 5.41) is 22.3. The monoisotopic (exact) mass is 284 g/mol. The largest absolute Gasteiger partial charge is 1.00 e. The molecule has 0 saturated heterocycles. The van der Waals surface area contributed by atoms with E-state index >= 15 is 0 Å². The van der Waals surface area contributed by atoms with Gasteiger partial charge in [-0.2, -0.15) is 0 Å². The zero-order chi connectivity index (χ0) is 13.0. The van der Waals surface area contributed by atoms with Gasteiger partial charge < -0.3 is 19.8 Å². The molecule has 0 heterocycles. The Kier molecular flexibility index (Phi) is 12.0. The van der Waals surface area contributed by atoms with Crippen LogP contribution < -0.4 is 69.3 Å². The molecule has 0 N–H and O–H groups in total. The van der Waals surface area contributed by atoms with E-state index < -0.39 is 11.9 Å². The zero-order valence-corrected chi connectivity index (χ0v) is 16.3. The van der Waals surface area contributed by atoms with Gasteiger partial charge in [-0.25, -0.2) is 0 Å². The molecule has 0 aliphatic heterocycles. The number of hydrogen-bond donors (Lipinski definition) is 0. The van der Waals surface area contributed by atoms with Crippen LogP contribution in [0.5, 0.6) is 0 Å². The van der Waals surface area contributed by atoms with Gasteiger partial charge in [0.25, 0.3) is 0 Å². The van der Waals surface area contributed by atoms with E-state index in [9.17, 15) is 19.8 Å². The van der Waals surface area contributed by atoms with Gasteiger partial charge in [0.1, 0.15) is 0 Å². The minimum atomic E-state index is -1.38. The second-order valence-corrected chi connectivity index (χ2v) is 4.89. The molecule has 0 bridgehead atoms. The molecule has 4 nitrogen and oxygen atoms in total. The van der Waals surface area contributed by atoms with Crippen LogP contribution in [0.1, 0.15) is 46.0 Å². The first-order chi connectivity index (χ1) is 7.95. The first-order valence-electron chi connectivity index (χ1n) is 6.12. The van der Waals surface area contributed by atoms with Crippen LogP contribution in [0.3, 0.4) is 0 Å². The molecule has 19 heavy (non-hydrogen) atoms. The van der Waals surface area contributed by atoms with E-state index in [0.29, 0.717) is 0 Å². The maximum Gasteiger partial charge on any atom is 1.00 e. The summed E-state index contributed by atoms with van der Waals surface area (Å²) >= 11 is 0. The first-order valence-corrected chi connectivity index (χ1v) is 6.12. The normalized spacial score (nSPS) is 17.0. The van der Waals surface area contributed by atoms with Gasteiger partial charge in [-0.15, -0.1) is 0 Å². The van der Waals surface area contributed by atoms with E-state index in [0.717, 1.165) is 32.1 Å². The zero-order valence-electron chi connectivity index (χ0n) is 12.3. The molecule has 0 aromatic rings. The summed E-state index contributed by atoms with van der Waals surface area (Å²) in [5.74, 6) is -3.30. The molecule has 0 radical (unpaired) electrons. The Balaban J connectivity index is 0. The predicted octanol–water partition coefficient (Wildman–Crippen LogP) is -5.97. The number of rotatable bonds is 4. The molecule has 96 valence electrons. The van der Waals surface area contributed by atoms with Crippen molar-refractivity contribution < 1.29 is 78.9 Å². The van der Waals surface area contributed by atoms with Crippen molar-refractivity contribution in [2.75, 3.05) is 0 Å². The van der Waals surface area contributed by atoms with Gasteiger partial charge >= 0.3 is 59.1 Å². The average molecular weight is 284 g/mol. The Labute approximate surface area is 158 Å². The smallest absolute Gasteiger partial charge is 0.545 e. The fourth-order valence-corrected chi connectivity index (χ4v) is 2.54. The Morgan fingerprint density at radius 2 is 1.42 bits per heavy atom. The summed E-state index contributed by atoms with van der Waals surface area (Å²) in [5.41, 5.74) is -0.142. The molecule has 0 atom stereocenters. The third-order valence-electron chi connectivity index (χ3n) is 3.32. The molecule has 0 unspecified atom stereocenters. The van der Waals surface area contributed by atoms with Crippen LogP contribution in [0.15, 0.2) is 11.1 Å². The minimum Gasteiger partial charge on any atom is -0.545 e. The molecule has 0 spiro atoms. The quantitative estimate of drug-likeness (QED) is 0.380. The van der Waals surface area contributed by atoms with Gasteiger partial charge in [-0.3, -0.25) is 0 Å². The van der Waals surface area contributed by atoms with Crippen molar-refractivity contribution in [3.63, 3.8) is 0 Å². The minimum absolute atomic E-state index is 0. The van der Waals surface area contributed by atoms with Crippen LogP contribution in [-0.2, 0) is 9.59 Å². The van der Waals surface area contributed by atoms with Gasteiger partial charge in [0.05, 0.1) is 11.9 Å². The third-order valence-corrected chi connectivity index (χ3v) is 3.32. The van der Waals surface area contributed by atoms with Crippen molar-refractivity contribution in [3.05, 3.63) is 11.1 Å². The number of aliphatic carboxylic acids is 2. The van der Waals surface area contributed by atoms with Gasteiger partial charge in [0.15, 0.2) is 0 Å². The summed E-state index contributed by atoms with van der Waals surface area (Å²) in [7, 11) is 0.